The van der Waals surface area contributed by atoms with Crippen molar-refractivity contribution in [2.24, 2.45) is 0 Å². The van der Waals surface area contributed by atoms with E-state index in [1.807, 2.05) is 12.2 Å². The van der Waals surface area contributed by atoms with Crippen molar-refractivity contribution in [3.8, 4) is 0 Å². The van der Waals surface area contributed by atoms with Gasteiger partial charge in [0.2, 0.25) is 0 Å². The van der Waals surface area contributed by atoms with Gasteiger partial charge in [0.05, 0.1) is 0 Å². The Hall–Kier alpha value is -4.19. The molecule has 0 heterocycles. The highest BCUT2D eigenvalue weighted by Crippen LogP contribution is 2.14. The number of carbonyl (C=O) groups excluding carboxylic acids is 3. The number of unbranched alkanes of at least 4 members (excludes halogenated alkanes) is 18. The molecule has 0 aromatic carbocycles. The summed E-state index contributed by atoms with van der Waals surface area (Å²) in [4.78, 5) is 38.1. The maximum absolute atomic E-state index is 12.8. The van der Waals surface area contributed by atoms with Gasteiger partial charge in [0.25, 0.3) is 0 Å². The first kappa shape index (κ1) is 64.8. The molecule has 0 saturated carbocycles. The van der Waals surface area contributed by atoms with Crippen LogP contribution in [0.25, 0.3) is 0 Å². The summed E-state index contributed by atoms with van der Waals surface area (Å²) in [6.45, 7) is 6.40. The van der Waals surface area contributed by atoms with Crippen molar-refractivity contribution >= 4 is 17.9 Å². The molecule has 0 unspecified atom stereocenters. The molecule has 0 rings (SSSR count). The fourth-order valence-corrected chi connectivity index (χ4v) is 7.27. The van der Waals surface area contributed by atoms with E-state index in [-0.39, 0.29) is 31.6 Å². The molecule has 0 radical (unpaired) electrons. The summed E-state index contributed by atoms with van der Waals surface area (Å²) in [5.41, 5.74) is 0. The van der Waals surface area contributed by atoms with E-state index in [0.717, 1.165) is 103 Å². The summed E-state index contributed by atoms with van der Waals surface area (Å²) in [5, 5.41) is 0. The Balaban J connectivity index is 4.57. The van der Waals surface area contributed by atoms with Crippen LogP contribution in [0.15, 0.2) is 122 Å². The Morgan fingerprint density at radius 1 is 0.304 bits per heavy atom. The maximum Gasteiger partial charge on any atom is 0.306 e. The monoisotopic (exact) mass is 955 g/mol. The molecular formula is C63H102O6. The van der Waals surface area contributed by atoms with Crippen LogP contribution >= 0.6 is 0 Å². The van der Waals surface area contributed by atoms with Crippen LogP contribution in [0.3, 0.4) is 0 Å². The van der Waals surface area contributed by atoms with Crippen LogP contribution in [0.1, 0.15) is 239 Å². The normalized spacial score (nSPS) is 13.0. The van der Waals surface area contributed by atoms with Gasteiger partial charge in [0.15, 0.2) is 6.10 Å². The van der Waals surface area contributed by atoms with Crippen LogP contribution in [0.4, 0.5) is 0 Å². The molecule has 0 saturated heterocycles. The van der Waals surface area contributed by atoms with E-state index in [4.69, 9.17) is 14.2 Å². The number of hydrogen-bond donors (Lipinski definition) is 0. The van der Waals surface area contributed by atoms with Crippen LogP contribution in [-0.4, -0.2) is 37.2 Å². The average molecular weight is 956 g/mol. The van der Waals surface area contributed by atoms with E-state index in [1.54, 1.807) is 0 Å². The van der Waals surface area contributed by atoms with Crippen molar-refractivity contribution in [3.63, 3.8) is 0 Å². The van der Waals surface area contributed by atoms with Crippen LogP contribution in [0.5, 0.6) is 0 Å². The van der Waals surface area contributed by atoms with Gasteiger partial charge >= 0.3 is 17.9 Å². The number of hydrogen-bond acceptors (Lipinski definition) is 6. The zero-order valence-electron chi connectivity index (χ0n) is 44.5. The van der Waals surface area contributed by atoms with Gasteiger partial charge in [0.1, 0.15) is 13.2 Å². The van der Waals surface area contributed by atoms with Crippen molar-refractivity contribution in [2.75, 3.05) is 13.2 Å². The Kier molecular flexibility index (Phi) is 53.0. The van der Waals surface area contributed by atoms with Crippen LogP contribution in [-0.2, 0) is 28.6 Å². The van der Waals surface area contributed by atoms with Crippen molar-refractivity contribution < 1.29 is 28.6 Å². The molecule has 0 spiro atoms. The first-order valence-corrected chi connectivity index (χ1v) is 28.0. The maximum atomic E-state index is 12.8. The third-order valence-electron chi connectivity index (χ3n) is 11.5. The minimum absolute atomic E-state index is 0.120. The van der Waals surface area contributed by atoms with E-state index in [9.17, 15) is 14.4 Å². The summed E-state index contributed by atoms with van der Waals surface area (Å²) in [6, 6.07) is 0. The molecule has 0 amide bonds. The lowest BCUT2D eigenvalue weighted by molar-refractivity contribution is -0.166. The van der Waals surface area contributed by atoms with Gasteiger partial charge in [-0.25, -0.2) is 0 Å². The molecule has 0 bridgehead atoms. The van der Waals surface area contributed by atoms with Crippen molar-refractivity contribution in [1.29, 1.82) is 0 Å². The van der Waals surface area contributed by atoms with Crippen molar-refractivity contribution in [2.45, 2.75) is 245 Å². The van der Waals surface area contributed by atoms with Crippen LogP contribution < -0.4 is 0 Å². The molecule has 0 aliphatic rings. The SMILES string of the molecule is CC/C=C\C/C=C\C/C=C\C/C=C\C/C=C\CCCCCC(=O)OC[C@H](COC(=O)CCCCCCCCCCCCCCC)OC(=O)CC/C=C\C/C=C\C/C=C\C/C=C\C/C=C\CCCCC. The van der Waals surface area contributed by atoms with E-state index in [1.165, 1.54) is 89.9 Å². The first-order chi connectivity index (χ1) is 34.0. The zero-order chi connectivity index (χ0) is 50.0. The third-order valence-corrected chi connectivity index (χ3v) is 11.5. The highest BCUT2D eigenvalue weighted by atomic mass is 16.6. The lowest BCUT2D eigenvalue weighted by atomic mass is 10.0. The molecule has 69 heavy (non-hydrogen) atoms. The molecule has 390 valence electrons. The van der Waals surface area contributed by atoms with Gasteiger partial charge in [0, 0.05) is 19.3 Å². The smallest absolute Gasteiger partial charge is 0.306 e. The third kappa shape index (κ3) is 54.6. The van der Waals surface area contributed by atoms with E-state index in [2.05, 4.69) is 130 Å². The van der Waals surface area contributed by atoms with Crippen molar-refractivity contribution in [1.82, 2.24) is 0 Å². The number of allylic oxidation sites excluding steroid dienone is 20. The highest BCUT2D eigenvalue weighted by Gasteiger charge is 2.19. The van der Waals surface area contributed by atoms with Crippen LogP contribution in [0, 0.1) is 0 Å². The number of ether oxygens (including phenoxy) is 3. The van der Waals surface area contributed by atoms with E-state index < -0.39 is 12.1 Å². The largest absolute Gasteiger partial charge is 0.462 e. The number of rotatable bonds is 49. The second-order valence-corrected chi connectivity index (χ2v) is 18.1. The molecular weight excluding hydrogens is 853 g/mol. The molecule has 6 nitrogen and oxygen atoms in total. The number of esters is 3. The molecule has 0 aliphatic carbocycles. The molecule has 0 aliphatic heterocycles. The van der Waals surface area contributed by atoms with Gasteiger partial charge in [-0.2, -0.15) is 0 Å². The second-order valence-electron chi connectivity index (χ2n) is 18.1. The van der Waals surface area contributed by atoms with E-state index in [0.29, 0.717) is 19.3 Å². The van der Waals surface area contributed by atoms with Gasteiger partial charge in [-0.3, -0.25) is 14.4 Å². The lowest BCUT2D eigenvalue weighted by Gasteiger charge is -2.18. The van der Waals surface area contributed by atoms with E-state index >= 15 is 0 Å². The quantitative estimate of drug-likeness (QED) is 0.0262. The first-order valence-electron chi connectivity index (χ1n) is 28.0. The summed E-state index contributed by atoms with van der Waals surface area (Å²) in [6.07, 6.45) is 77.7. The average Bonchev–Trinajstić information content (AvgIpc) is 3.35. The van der Waals surface area contributed by atoms with Crippen molar-refractivity contribution in [3.05, 3.63) is 122 Å². The summed E-state index contributed by atoms with van der Waals surface area (Å²) < 4.78 is 16.7. The Morgan fingerprint density at radius 3 is 0.971 bits per heavy atom. The minimum Gasteiger partial charge on any atom is -0.462 e. The summed E-state index contributed by atoms with van der Waals surface area (Å²) >= 11 is 0. The standard InChI is InChI=1S/C63H102O6/c1-4-7-10-13-16-19-22-25-27-29-31-33-35-38-41-44-47-50-53-56-62(65)68-59-60(58-67-61(64)55-52-49-46-43-40-37-24-21-18-15-12-9-6-3)69-63(66)57-54-51-48-45-42-39-36-34-32-30-28-26-23-20-17-14-11-8-5-2/h7,10,16-17,19-20,25-28,31-34,38-39,41-42,48,51,60H,4-6,8-9,11-15,18,21-24,29-30,35-37,40,43-47,49-50,52-59H2,1-3H3/b10-7-,19-16-,20-17-,27-25-,28-26-,33-31-,34-32-,41-38-,42-39-,51-48-/t60-/m0/s1. The molecule has 0 N–H and O–H groups in total. The Morgan fingerprint density at radius 2 is 0.594 bits per heavy atom. The molecule has 0 fully saturated rings. The second kappa shape index (κ2) is 56.4. The topological polar surface area (TPSA) is 78.9 Å². The lowest BCUT2D eigenvalue weighted by Crippen LogP contribution is -2.30. The van der Waals surface area contributed by atoms with Gasteiger partial charge in [-0.15, -0.1) is 0 Å². The Labute approximate surface area is 424 Å². The summed E-state index contributed by atoms with van der Waals surface area (Å²) in [5.74, 6) is -1.04. The molecule has 6 heteroatoms. The predicted molar refractivity (Wildman–Crippen MR) is 297 cm³/mol. The van der Waals surface area contributed by atoms with Gasteiger partial charge < -0.3 is 14.2 Å². The van der Waals surface area contributed by atoms with Gasteiger partial charge in [-0.05, 0) is 103 Å². The minimum atomic E-state index is -0.833. The van der Waals surface area contributed by atoms with Crippen LogP contribution in [0.2, 0.25) is 0 Å². The highest BCUT2D eigenvalue weighted by molar-refractivity contribution is 5.71. The van der Waals surface area contributed by atoms with Gasteiger partial charge in [-0.1, -0.05) is 239 Å². The zero-order valence-corrected chi connectivity index (χ0v) is 44.5. The fourth-order valence-electron chi connectivity index (χ4n) is 7.27. The molecule has 1 atom stereocenters. The fraction of sp³-hybridized carbons (Fsp3) is 0.635. The Bertz CT molecular complexity index is 1470. The molecule has 0 aromatic rings. The predicted octanol–water partition coefficient (Wildman–Crippen LogP) is 18.9. The molecule has 0 aromatic heterocycles. The summed E-state index contributed by atoms with van der Waals surface area (Å²) in [7, 11) is 0. The number of carbonyl (C=O) groups is 3.